The molecule has 0 aliphatic rings. The average Bonchev–Trinajstić information content (AvgIpc) is 2.50. The molecule has 2 aromatic heterocycles. The molecule has 6 heteroatoms. The van der Waals surface area contributed by atoms with Crippen molar-refractivity contribution in [1.82, 2.24) is 15.3 Å². The molecule has 0 aliphatic heterocycles. The Balaban J connectivity index is 2.23. The van der Waals surface area contributed by atoms with Crippen molar-refractivity contribution in [3.63, 3.8) is 0 Å². The second kappa shape index (κ2) is 6.78. The summed E-state index contributed by atoms with van der Waals surface area (Å²) in [5.41, 5.74) is 1.04. The van der Waals surface area contributed by atoms with E-state index in [0.717, 1.165) is 12.8 Å². The highest BCUT2D eigenvalue weighted by Crippen LogP contribution is 2.15. The van der Waals surface area contributed by atoms with Crippen molar-refractivity contribution in [3.8, 4) is 0 Å². The molecule has 0 bridgehead atoms. The van der Waals surface area contributed by atoms with E-state index in [-0.39, 0.29) is 0 Å². The number of carbonyl (C=O) groups excluding carboxylic acids is 1. The lowest BCUT2D eigenvalue weighted by atomic mass is 10.1. The van der Waals surface area contributed by atoms with Gasteiger partial charge in [-0.1, -0.05) is 19.8 Å². The van der Waals surface area contributed by atoms with Gasteiger partial charge in [0, 0.05) is 24.0 Å². The lowest BCUT2D eigenvalue weighted by molar-refractivity contribution is -0.139. The fourth-order valence-corrected chi connectivity index (χ4v) is 2.09. The van der Waals surface area contributed by atoms with Crippen LogP contribution < -0.4 is 5.32 Å². The number of amides is 1. The number of pyridine rings is 2. The Bertz CT molecular complexity index is 652. The maximum atomic E-state index is 12.3. The first kappa shape index (κ1) is 14.9. The molecule has 2 aromatic rings. The number of carboxylic acids is 1. The van der Waals surface area contributed by atoms with Gasteiger partial charge >= 0.3 is 5.97 Å². The zero-order valence-corrected chi connectivity index (χ0v) is 11.7. The second-order valence-corrected chi connectivity index (χ2v) is 4.76. The molecule has 6 nitrogen and oxygen atoms in total. The van der Waals surface area contributed by atoms with E-state index in [0.29, 0.717) is 22.9 Å². The van der Waals surface area contributed by atoms with Gasteiger partial charge < -0.3 is 10.4 Å². The Morgan fingerprint density at radius 2 is 2.14 bits per heavy atom. The van der Waals surface area contributed by atoms with Crippen LogP contribution in [-0.4, -0.2) is 33.0 Å². The number of hydrogen-bond donors (Lipinski definition) is 2. The fraction of sp³-hybridized carbons (Fsp3) is 0.333. The predicted octanol–water partition coefficient (Wildman–Crippen LogP) is 2.00. The molecule has 0 saturated heterocycles. The van der Waals surface area contributed by atoms with E-state index in [2.05, 4.69) is 15.3 Å². The molecule has 0 spiro atoms. The largest absolute Gasteiger partial charge is 0.480 e. The lowest BCUT2D eigenvalue weighted by Gasteiger charge is -2.14. The molecule has 2 heterocycles. The number of aromatic nitrogens is 2. The van der Waals surface area contributed by atoms with Gasteiger partial charge in [0.05, 0.1) is 11.1 Å². The molecule has 1 atom stereocenters. The lowest BCUT2D eigenvalue weighted by Crippen LogP contribution is -2.40. The number of aliphatic carboxylic acids is 1. The summed E-state index contributed by atoms with van der Waals surface area (Å²) in [6.07, 6.45) is 6.72. The summed E-state index contributed by atoms with van der Waals surface area (Å²) in [5.74, 6) is -1.44. The number of fused-ring (bicyclic) bond motifs is 1. The van der Waals surface area contributed by atoms with E-state index in [4.69, 9.17) is 5.11 Å². The van der Waals surface area contributed by atoms with Crippen molar-refractivity contribution in [3.05, 3.63) is 36.3 Å². The predicted molar refractivity (Wildman–Crippen MR) is 78.0 cm³/mol. The van der Waals surface area contributed by atoms with Gasteiger partial charge in [0.15, 0.2) is 0 Å². The number of rotatable bonds is 6. The molecule has 1 unspecified atom stereocenters. The second-order valence-electron chi connectivity index (χ2n) is 4.76. The van der Waals surface area contributed by atoms with Crippen LogP contribution in [-0.2, 0) is 4.79 Å². The third-order valence-electron chi connectivity index (χ3n) is 3.24. The molecule has 0 aliphatic carbocycles. The summed E-state index contributed by atoms with van der Waals surface area (Å²) in [6.45, 7) is 1.97. The highest BCUT2D eigenvalue weighted by atomic mass is 16.4. The van der Waals surface area contributed by atoms with Crippen LogP contribution in [0.4, 0.5) is 0 Å². The summed E-state index contributed by atoms with van der Waals surface area (Å²) in [6, 6.07) is 2.40. The smallest absolute Gasteiger partial charge is 0.326 e. The summed E-state index contributed by atoms with van der Waals surface area (Å²) in [4.78, 5) is 31.6. The first-order valence-corrected chi connectivity index (χ1v) is 6.86. The van der Waals surface area contributed by atoms with Crippen LogP contribution in [0.5, 0.6) is 0 Å². The molecule has 110 valence electrons. The van der Waals surface area contributed by atoms with Crippen molar-refractivity contribution in [1.29, 1.82) is 0 Å². The molecule has 0 aromatic carbocycles. The van der Waals surface area contributed by atoms with Crippen LogP contribution in [0.25, 0.3) is 10.9 Å². The Morgan fingerprint density at radius 1 is 1.33 bits per heavy atom. The van der Waals surface area contributed by atoms with Crippen LogP contribution in [0.15, 0.2) is 30.7 Å². The minimum atomic E-state index is -1.02. The van der Waals surface area contributed by atoms with Crippen molar-refractivity contribution in [2.45, 2.75) is 32.2 Å². The van der Waals surface area contributed by atoms with E-state index in [1.54, 1.807) is 24.5 Å². The number of carboxylic acid groups (broad SMARTS) is 1. The molecular formula is C15H17N3O3. The summed E-state index contributed by atoms with van der Waals surface area (Å²) < 4.78 is 0. The minimum absolute atomic E-state index is 0.385. The SMILES string of the molecule is CCCCC(NC(=O)c1ccnc2ccncc12)C(=O)O. The van der Waals surface area contributed by atoms with Gasteiger partial charge in [-0.25, -0.2) is 4.79 Å². The molecule has 0 fully saturated rings. The molecule has 1 amide bonds. The topological polar surface area (TPSA) is 92.2 Å². The third kappa shape index (κ3) is 3.53. The van der Waals surface area contributed by atoms with Crippen molar-refractivity contribution in [2.24, 2.45) is 0 Å². The van der Waals surface area contributed by atoms with Gasteiger partial charge in [0.2, 0.25) is 0 Å². The van der Waals surface area contributed by atoms with Gasteiger partial charge in [-0.15, -0.1) is 0 Å². The monoisotopic (exact) mass is 287 g/mol. The van der Waals surface area contributed by atoms with Gasteiger partial charge in [-0.2, -0.15) is 0 Å². The van der Waals surface area contributed by atoms with Gasteiger partial charge in [0.25, 0.3) is 5.91 Å². The quantitative estimate of drug-likeness (QED) is 0.847. The van der Waals surface area contributed by atoms with Crippen LogP contribution in [0.1, 0.15) is 36.5 Å². The Morgan fingerprint density at radius 3 is 2.86 bits per heavy atom. The van der Waals surface area contributed by atoms with Gasteiger partial charge in [0.1, 0.15) is 6.04 Å². The summed E-state index contributed by atoms with van der Waals surface area (Å²) >= 11 is 0. The highest BCUT2D eigenvalue weighted by molar-refractivity contribution is 6.06. The zero-order valence-electron chi connectivity index (χ0n) is 11.7. The Hall–Kier alpha value is -2.50. The molecule has 0 saturated carbocycles. The van der Waals surface area contributed by atoms with Gasteiger partial charge in [-0.05, 0) is 18.6 Å². The number of hydrogen-bond acceptors (Lipinski definition) is 4. The van der Waals surface area contributed by atoms with E-state index in [1.165, 1.54) is 6.20 Å². The molecule has 0 radical (unpaired) electrons. The van der Waals surface area contributed by atoms with Crippen LogP contribution in [0.3, 0.4) is 0 Å². The number of nitrogens with zero attached hydrogens (tertiary/aromatic N) is 2. The number of nitrogens with one attached hydrogen (secondary N) is 1. The van der Waals surface area contributed by atoms with Crippen molar-refractivity contribution < 1.29 is 14.7 Å². The molecule has 2 rings (SSSR count). The van der Waals surface area contributed by atoms with Crippen molar-refractivity contribution in [2.75, 3.05) is 0 Å². The average molecular weight is 287 g/mol. The Kier molecular flexibility index (Phi) is 4.81. The Labute approximate surface area is 122 Å². The van der Waals surface area contributed by atoms with E-state index >= 15 is 0 Å². The first-order chi connectivity index (χ1) is 10.1. The third-order valence-corrected chi connectivity index (χ3v) is 3.24. The molecule has 21 heavy (non-hydrogen) atoms. The molecule has 2 N–H and O–H groups in total. The zero-order chi connectivity index (χ0) is 15.2. The van der Waals surface area contributed by atoms with Crippen LogP contribution in [0, 0.1) is 0 Å². The highest BCUT2D eigenvalue weighted by Gasteiger charge is 2.21. The standard InChI is InChI=1S/C15H17N3O3/c1-2-3-4-13(15(20)21)18-14(19)10-5-8-17-12-6-7-16-9-11(10)12/h5-9,13H,2-4H2,1H3,(H,18,19)(H,20,21). The van der Waals surface area contributed by atoms with Crippen LogP contribution in [0.2, 0.25) is 0 Å². The first-order valence-electron chi connectivity index (χ1n) is 6.86. The molecular weight excluding hydrogens is 270 g/mol. The maximum Gasteiger partial charge on any atom is 0.326 e. The number of unbranched alkanes of at least 4 members (excludes halogenated alkanes) is 1. The summed E-state index contributed by atoms with van der Waals surface area (Å²) in [7, 11) is 0. The van der Waals surface area contributed by atoms with Crippen LogP contribution >= 0.6 is 0 Å². The van der Waals surface area contributed by atoms with Gasteiger partial charge in [-0.3, -0.25) is 14.8 Å². The maximum absolute atomic E-state index is 12.3. The fourth-order valence-electron chi connectivity index (χ4n) is 2.09. The van der Waals surface area contributed by atoms with Crippen molar-refractivity contribution >= 4 is 22.8 Å². The normalized spacial score (nSPS) is 12.0. The minimum Gasteiger partial charge on any atom is -0.480 e. The van der Waals surface area contributed by atoms with E-state index < -0.39 is 17.9 Å². The van der Waals surface area contributed by atoms with E-state index in [1.807, 2.05) is 6.92 Å². The summed E-state index contributed by atoms with van der Waals surface area (Å²) in [5, 5.41) is 12.3. The number of carbonyl (C=O) groups is 2. The van der Waals surface area contributed by atoms with E-state index in [9.17, 15) is 9.59 Å².